The van der Waals surface area contributed by atoms with E-state index in [2.05, 4.69) is 15.0 Å². The molecule has 1 unspecified atom stereocenters. The molecule has 21 heavy (non-hydrogen) atoms. The standard InChI is InChI=1S/C12H16N4O4S/c1-8-12(9(2)20-14-8)21(17,18)15-10-5-13-16(6-10)11-3-4-19-7-11/h5-6,11,15H,3-4,7H2,1-2H3. The number of hydrogen-bond acceptors (Lipinski definition) is 6. The fraction of sp³-hybridized carbons (Fsp3) is 0.500. The van der Waals surface area contributed by atoms with Crippen LogP contribution in [0.2, 0.25) is 0 Å². The Morgan fingerprint density at radius 3 is 2.86 bits per heavy atom. The Hall–Kier alpha value is -1.87. The number of rotatable bonds is 4. The summed E-state index contributed by atoms with van der Waals surface area (Å²) in [4.78, 5) is 0.0689. The number of aromatic nitrogens is 3. The molecule has 0 bridgehead atoms. The summed E-state index contributed by atoms with van der Waals surface area (Å²) in [6, 6.07) is 0.155. The molecule has 0 aliphatic carbocycles. The van der Waals surface area contributed by atoms with Crippen LogP contribution in [-0.4, -0.2) is 36.6 Å². The topological polar surface area (TPSA) is 99.3 Å². The number of anilines is 1. The lowest BCUT2D eigenvalue weighted by atomic mass is 10.3. The fourth-order valence-electron chi connectivity index (χ4n) is 2.39. The first-order valence-corrected chi connectivity index (χ1v) is 8.03. The molecular formula is C12H16N4O4S. The van der Waals surface area contributed by atoms with E-state index in [1.165, 1.54) is 6.20 Å². The number of sulfonamides is 1. The summed E-state index contributed by atoms with van der Waals surface area (Å²) in [5.41, 5.74) is 0.735. The first-order chi connectivity index (χ1) is 9.97. The van der Waals surface area contributed by atoms with E-state index in [1.807, 2.05) is 0 Å². The van der Waals surface area contributed by atoms with Gasteiger partial charge in [-0.3, -0.25) is 9.40 Å². The van der Waals surface area contributed by atoms with E-state index in [-0.39, 0.29) is 16.7 Å². The number of ether oxygens (including phenoxy) is 1. The Labute approximate surface area is 122 Å². The lowest BCUT2D eigenvalue weighted by molar-refractivity contribution is 0.184. The number of hydrogen-bond donors (Lipinski definition) is 1. The molecule has 9 heteroatoms. The van der Waals surface area contributed by atoms with Crippen LogP contribution < -0.4 is 4.72 Å². The van der Waals surface area contributed by atoms with Gasteiger partial charge in [0.2, 0.25) is 0 Å². The zero-order valence-electron chi connectivity index (χ0n) is 11.7. The maximum Gasteiger partial charge on any atom is 0.267 e. The number of aryl methyl sites for hydroxylation is 2. The Morgan fingerprint density at radius 2 is 2.24 bits per heavy atom. The molecule has 1 saturated heterocycles. The van der Waals surface area contributed by atoms with E-state index in [9.17, 15) is 8.42 Å². The Balaban J connectivity index is 1.83. The monoisotopic (exact) mass is 312 g/mol. The zero-order valence-corrected chi connectivity index (χ0v) is 12.6. The third-order valence-electron chi connectivity index (χ3n) is 3.37. The molecule has 1 aliphatic rings. The molecule has 8 nitrogen and oxygen atoms in total. The van der Waals surface area contributed by atoms with Gasteiger partial charge in [0, 0.05) is 12.8 Å². The second kappa shape index (κ2) is 5.15. The largest absolute Gasteiger partial charge is 0.379 e. The lowest BCUT2D eigenvalue weighted by Gasteiger charge is -2.07. The predicted molar refractivity (Wildman–Crippen MR) is 73.5 cm³/mol. The van der Waals surface area contributed by atoms with Crippen LogP contribution in [0.5, 0.6) is 0 Å². The van der Waals surface area contributed by atoms with Crippen LogP contribution in [0.15, 0.2) is 21.8 Å². The Morgan fingerprint density at radius 1 is 1.43 bits per heavy atom. The van der Waals surface area contributed by atoms with E-state index in [4.69, 9.17) is 9.26 Å². The molecule has 0 amide bonds. The third kappa shape index (κ3) is 2.66. The van der Waals surface area contributed by atoms with Crippen molar-refractivity contribution in [2.45, 2.75) is 31.2 Å². The third-order valence-corrected chi connectivity index (χ3v) is 4.99. The van der Waals surface area contributed by atoms with Crippen LogP contribution in [0.3, 0.4) is 0 Å². The summed E-state index contributed by atoms with van der Waals surface area (Å²) < 4.78 is 39.1. The normalized spacial score (nSPS) is 19.0. The molecule has 114 valence electrons. The van der Waals surface area contributed by atoms with E-state index >= 15 is 0 Å². The maximum absolute atomic E-state index is 12.4. The van der Waals surface area contributed by atoms with Crippen LogP contribution >= 0.6 is 0 Å². The minimum Gasteiger partial charge on any atom is -0.379 e. The first-order valence-electron chi connectivity index (χ1n) is 6.55. The van der Waals surface area contributed by atoms with Gasteiger partial charge in [-0.1, -0.05) is 5.16 Å². The quantitative estimate of drug-likeness (QED) is 0.912. The maximum atomic E-state index is 12.4. The van der Waals surface area contributed by atoms with E-state index in [1.54, 1.807) is 24.7 Å². The molecule has 0 aromatic carbocycles. The second-order valence-electron chi connectivity index (χ2n) is 4.99. The van der Waals surface area contributed by atoms with Gasteiger partial charge in [0.1, 0.15) is 5.69 Å². The molecule has 2 aromatic rings. The summed E-state index contributed by atoms with van der Waals surface area (Å²) in [6.07, 6.45) is 4.01. The van der Waals surface area contributed by atoms with Crippen molar-refractivity contribution in [2.75, 3.05) is 17.9 Å². The van der Waals surface area contributed by atoms with Crippen LogP contribution in [0.25, 0.3) is 0 Å². The summed E-state index contributed by atoms with van der Waals surface area (Å²) in [5.74, 6) is 0.261. The van der Waals surface area contributed by atoms with Crippen molar-refractivity contribution in [3.05, 3.63) is 23.8 Å². The Kier molecular flexibility index (Phi) is 3.46. The van der Waals surface area contributed by atoms with Crippen LogP contribution in [0.4, 0.5) is 5.69 Å². The summed E-state index contributed by atoms with van der Waals surface area (Å²) in [6.45, 7) is 4.45. The van der Waals surface area contributed by atoms with E-state index in [0.717, 1.165) is 6.42 Å². The SMILES string of the molecule is Cc1noc(C)c1S(=O)(=O)Nc1cnn(C2CCOC2)c1. The van der Waals surface area contributed by atoms with Gasteiger partial charge in [0.25, 0.3) is 10.0 Å². The van der Waals surface area contributed by atoms with Crippen molar-refractivity contribution in [1.29, 1.82) is 0 Å². The average Bonchev–Trinajstić information content (AvgIpc) is 3.09. The first kappa shape index (κ1) is 14.1. The highest BCUT2D eigenvalue weighted by molar-refractivity contribution is 7.92. The number of nitrogens with zero attached hydrogens (tertiary/aromatic N) is 3. The predicted octanol–water partition coefficient (Wildman–Crippen LogP) is 1.25. The van der Waals surface area contributed by atoms with Gasteiger partial charge in [0.15, 0.2) is 10.7 Å². The van der Waals surface area contributed by atoms with E-state index in [0.29, 0.717) is 24.6 Å². The smallest absolute Gasteiger partial charge is 0.267 e. The zero-order chi connectivity index (χ0) is 15.0. The molecule has 1 N–H and O–H groups in total. The number of nitrogens with one attached hydrogen (secondary N) is 1. The summed E-state index contributed by atoms with van der Waals surface area (Å²) in [5, 5.41) is 7.84. The highest BCUT2D eigenvalue weighted by Crippen LogP contribution is 2.24. The second-order valence-corrected chi connectivity index (χ2v) is 6.60. The summed E-state index contributed by atoms with van der Waals surface area (Å²) >= 11 is 0. The molecule has 3 rings (SSSR count). The highest BCUT2D eigenvalue weighted by Gasteiger charge is 2.25. The minimum absolute atomic E-state index is 0.0689. The molecule has 1 atom stereocenters. The van der Waals surface area contributed by atoms with Gasteiger partial charge in [-0.05, 0) is 20.3 Å². The van der Waals surface area contributed by atoms with Gasteiger partial charge in [-0.2, -0.15) is 5.10 Å². The molecule has 0 spiro atoms. The van der Waals surface area contributed by atoms with Crippen LogP contribution in [0, 0.1) is 13.8 Å². The van der Waals surface area contributed by atoms with Crippen molar-refractivity contribution in [2.24, 2.45) is 0 Å². The molecule has 3 heterocycles. The molecule has 2 aromatic heterocycles. The highest BCUT2D eigenvalue weighted by atomic mass is 32.2. The van der Waals surface area contributed by atoms with Gasteiger partial charge in [-0.15, -0.1) is 0 Å². The van der Waals surface area contributed by atoms with Crippen LogP contribution in [0.1, 0.15) is 23.9 Å². The molecule has 1 aliphatic heterocycles. The van der Waals surface area contributed by atoms with Crippen molar-refractivity contribution < 1.29 is 17.7 Å². The van der Waals surface area contributed by atoms with Gasteiger partial charge >= 0.3 is 0 Å². The molecule has 0 saturated carbocycles. The van der Waals surface area contributed by atoms with Crippen molar-refractivity contribution in [3.8, 4) is 0 Å². The van der Waals surface area contributed by atoms with Gasteiger partial charge in [0.05, 0.1) is 24.5 Å². The van der Waals surface area contributed by atoms with Crippen molar-refractivity contribution in [1.82, 2.24) is 14.9 Å². The lowest BCUT2D eigenvalue weighted by Crippen LogP contribution is -2.14. The summed E-state index contributed by atoms with van der Waals surface area (Å²) in [7, 11) is -3.73. The average molecular weight is 312 g/mol. The van der Waals surface area contributed by atoms with Crippen molar-refractivity contribution >= 4 is 15.7 Å². The Bertz CT molecular complexity index is 724. The van der Waals surface area contributed by atoms with Crippen molar-refractivity contribution in [3.63, 3.8) is 0 Å². The fourth-order valence-corrected chi connectivity index (χ4v) is 3.75. The molecule has 1 fully saturated rings. The van der Waals surface area contributed by atoms with Crippen LogP contribution in [-0.2, 0) is 14.8 Å². The van der Waals surface area contributed by atoms with E-state index < -0.39 is 10.0 Å². The van der Waals surface area contributed by atoms with Gasteiger partial charge < -0.3 is 9.26 Å². The van der Waals surface area contributed by atoms with Gasteiger partial charge in [-0.25, -0.2) is 8.42 Å². The minimum atomic E-state index is -3.73. The molecular weight excluding hydrogens is 296 g/mol. The molecule has 0 radical (unpaired) electrons.